The normalized spacial score (nSPS) is 19.1. The molecule has 0 saturated carbocycles. The Morgan fingerprint density at radius 2 is 2.47 bits per heavy atom. The molecular formula is C11H10ClNOS. The average Bonchev–Trinajstić information content (AvgIpc) is 2.26. The molecule has 15 heavy (non-hydrogen) atoms. The first-order valence-electron chi connectivity index (χ1n) is 4.77. The van der Waals surface area contributed by atoms with Crippen LogP contribution in [0.25, 0.3) is 0 Å². The first kappa shape index (κ1) is 10.7. The van der Waals surface area contributed by atoms with Crippen molar-refractivity contribution in [2.24, 2.45) is 4.99 Å². The second-order valence-corrected chi connectivity index (χ2v) is 5.02. The van der Waals surface area contributed by atoms with Gasteiger partial charge in [-0.2, -0.15) is 0 Å². The number of hydrogen-bond donors (Lipinski definition) is 0. The molecule has 2 nitrogen and oxygen atoms in total. The Bertz CT molecular complexity index is 415. The van der Waals surface area contributed by atoms with Gasteiger partial charge in [-0.1, -0.05) is 11.6 Å². The summed E-state index contributed by atoms with van der Waals surface area (Å²) in [5.74, 6) is 1.40. The van der Waals surface area contributed by atoms with Gasteiger partial charge in [0, 0.05) is 15.8 Å². The zero-order valence-corrected chi connectivity index (χ0v) is 9.64. The quantitative estimate of drug-likeness (QED) is 0.586. The summed E-state index contributed by atoms with van der Waals surface area (Å²) in [6.45, 7) is 0.525. The Labute approximate surface area is 97.7 Å². The number of hydrogen-bond acceptors (Lipinski definition) is 3. The van der Waals surface area contributed by atoms with Gasteiger partial charge in [-0.3, -0.25) is 0 Å². The molecule has 1 aliphatic heterocycles. The predicted molar refractivity (Wildman–Crippen MR) is 62.5 cm³/mol. The van der Waals surface area contributed by atoms with E-state index in [0.29, 0.717) is 12.5 Å². The van der Waals surface area contributed by atoms with Crippen molar-refractivity contribution in [1.29, 1.82) is 0 Å². The highest BCUT2D eigenvalue weighted by molar-refractivity contribution is 7.99. The van der Waals surface area contributed by atoms with Crippen molar-refractivity contribution >= 4 is 29.4 Å². The van der Waals surface area contributed by atoms with E-state index in [4.69, 9.17) is 11.6 Å². The lowest BCUT2D eigenvalue weighted by molar-refractivity contribution is 0.559. The highest BCUT2D eigenvalue weighted by Gasteiger charge is 2.20. The number of thioether (sulfide) groups is 1. The molecule has 0 fully saturated rings. The van der Waals surface area contributed by atoms with E-state index >= 15 is 0 Å². The molecule has 0 aromatic heterocycles. The molecule has 1 unspecified atom stereocenters. The van der Waals surface area contributed by atoms with Crippen molar-refractivity contribution in [2.75, 3.05) is 12.3 Å². The van der Waals surface area contributed by atoms with Gasteiger partial charge >= 0.3 is 0 Å². The van der Waals surface area contributed by atoms with E-state index < -0.39 is 0 Å². The fourth-order valence-corrected chi connectivity index (χ4v) is 3.13. The molecule has 1 aromatic carbocycles. The van der Waals surface area contributed by atoms with Crippen molar-refractivity contribution in [3.8, 4) is 0 Å². The van der Waals surface area contributed by atoms with Crippen LogP contribution in [-0.4, -0.2) is 18.4 Å². The maximum Gasteiger partial charge on any atom is 0.234 e. The molecule has 0 amide bonds. The van der Waals surface area contributed by atoms with Crippen molar-refractivity contribution in [2.45, 2.75) is 17.2 Å². The van der Waals surface area contributed by atoms with E-state index in [2.05, 4.69) is 4.99 Å². The summed E-state index contributed by atoms with van der Waals surface area (Å²) < 4.78 is 0. The molecule has 1 heterocycles. The molecule has 1 atom stereocenters. The molecule has 0 aliphatic carbocycles. The van der Waals surface area contributed by atoms with E-state index in [1.165, 1.54) is 10.5 Å². The Kier molecular flexibility index (Phi) is 3.47. The Hall–Kier alpha value is -0.760. The van der Waals surface area contributed by atoms with Crippen LogP contribution in [0.1, 0.15) is 17.9 Å². The van der Waals surface area contributed by atoms with Crippen LogP contribution >= 0.6 is 23.4 Å². The van der Waals surface area contributed by atoms with Crippen LogP contribution in [-0.2, 0) is 4.79 Å². The molecule has 0 spiro atoms. The number of rotatable bonds is 2. The van der Waals surface area contributed by atoms with E-state index in [1.807, 2.05) is 30.0 Å². The summed E-state index contributed by atoms with van der Waals surface area (Å²) in [5, 5.41) is 0.747. The van der Waals surface area contributed by atoms with Crippen molar-refractivity contribution in [3.05, 3.63) is 28.8 Å². The second kappa shape index (κ2) is 4.84. The van der Waals surface area contributed by atoms with Gasteiger partial charge in [0.1, 0.15) is 0 Å². The van der Waals surface area contributed by atoms with Crippen molar-refractivity contribution in [3.63, 3.8) is 0 Å². The summed E-state index contributed by atoms with van der Waals surface area (Å²) in [5.41, 5.74) is 1.22. The van der Waals surface area contributed by atoms with Crippen LogP contribution in [0.15, 0.2) is 28.1 Å². The molecule has 0 saturated heterocycles. The van der Waals surface area contributed by atoms with Gasteiger partial charge in [0.25, 0.3) is 0 Å². The van der Waals surface area contributed by atoms with Gasteiger partial charge in [0.2, 0.25) is 6.08 Å². The van der Waals surface area contributed by atoms with E-state index in [-0.39, 0.29) is 0 Å². The summed E-state index contributed by atoms with van der Waals surface area (Å²) in [6.07, 6.45) is 2.64. The number of nitrogens with zero attached hydrogens (tertiary/aromatic N) is 1. The highest BCUT2D eigenvalue weighted by Crippen LogP contribution is 2.38. The lowest BCUT2D eigenvalue weighted by Gasteiger charge is -2.23. The summed E-state index contributed by atoms with van der Waals surface area (Å²) in [4.78, 5) is 15.0. The molecule has 2 rings (SSSR count). The van der Waals surface area contributed by atoms with Crippen LogP contribution in [0.5, 0.6) is 0 Å². The first-order chi connectivity index (χ1) is 7.31. The molecule has 0 N–H and O–H groups in total. The number of halogens is 1. The minimum Gasteiger partial charge on any atom is -0.211 e. The second-order valence-electron chi connectivity index (χ2n) is 3.45. The lowest BCUT2D eigenvalue weighted by atomic mass is 9.96. The van der Waals surface area contributed by atoms with Crippen LogP contribution in [0.4, 0.5) is 0 Å². The molecule has 0 radical (unpaired) electrons. The molecule has 1 aliphatic rings. The molecular weight excluding hydrogens is 230 g/mol. The predicted octanol–water partition coefficient (Wildman–Crippen LogP) is 3.26. The van der Waals surface area contributed by atoms with E-state index in [9.17, 15) is 4.79 Å². The standard InChI is InChI=1S/C11H10ClNOS/c12-9-1-2-11-10(5-9)8(3-4-15-11)6-13-7-14/h1-2,5,8H,3-4,6H2. The maximum atomic E-state index is 10.1. The summed E-state index contributed by atoms with van der Waals surface area (Å²) >= 11 is 7.79. The third kappa shape index (κ3) is 2.43. The molecule has 4 heteroatoms. The van der Waals surface area contributed by atoms with Crippen molar-refractivity contribution in [1.82, 2.24) is 0 Å². The van der Waals surface area contributed by atoms with Gasteiger partial charge < -0.3 is 0 Å². The van der Waals surface area contributed by atoms with Gasteiger partial charge in [0.05, 0.1) is 6.54 Å². The van der Waals surface area contributed by atoms with Gasteiger partial charge in [-0.25, -0.2) is 9.79 Å². The summed E-state index contributed by atoms with van der Waals surface area (Å²) in [6, 6.07) is 5.92. The fourth-order valence-electron chi connectivity index (χ4n) is 1.77. The Balaban J connectivity index is 2.31. The fraction of sp³-hybridized carbons (Fsp3) is 0.364. The van der Waals surface area contributed by atoms with Crippen LogP contribution in [0.3, 0.4) is 0 Å². The third-order valence-corrected chi connectivity index (χ3v) is 3.87. The number of benzene rings is 1. The van der Waals surface area contributed by atoms with Crippen molar-refractivity contribution < 1.29 is 4.79 Å². The van der Waals surface area contributed by atoms with Crippen LogP contribution < -0.4 is 0 Å². The SMILES string of the molecule is O=C=NCC1CCSc2ccc(Cl)cc21. The third-order valence-electron chi connectivity index (χ3n) is 2.51. The zero-order valence-electron chi connectivity index (χ0n) is 8.07. The largest absolute Gasteiger partial charge is 0.234 e. The van der Waals surface area contributed by atoms with Gasteiger partial charge in [-0.05, 0) is 35.9 Å². The number of carbonyl (C=O) groups excluding carboxylic acids is 1. The Morgan fingerprint density at radius 3 is 3.27 bits per heavy atom. The zero-order chi connectivity index (χ0) is 10.7. The lowest BCUT2D eigenvalue weighted by Crippen LogP contribution is -2.10. The number of fused-ring (bicyclic) bond motifs is 1. The molecule has 0 bridgehead atoms. The molecule has 1 aromatic rings. The number of aliphatic imine (C=N–C) groups is 1. The first-order valence-corrected chi connectivity index (χ1v) is 6.13. The van der Waals surface area contributed by atoms with Crippen LogP contribution in [0, 0.1) is 0 Å². The smallest absolute Gasteiger partial charge is 0.211 e. The average molecular weight is 240 g/mol. The number of isocyanates is 1. The maximum absolute atomic E-state index is 10.1. The van der Waals surface area contributed by atoms with Crippen LogP contribution in [0.2, 0.25) is 5.02 Å². The minimum atomic E-state index is 0.321. The van der Waals surface area contributed by atoms with Gasteiger partial charge in [0.15, 0.2) is 0 Å². The minimum absolute atomic E-state index is 0.321. The van der Waals surface area contributed by atoms with E-state index in [0.717, 1.165) is 17.2 Å². The van der Waals surface area contributed by atoms with E-state index in [1.54, 1.807) is 6.08 Å². The highest BCUT2D eigenvalue weighted by atomic mass is 35.5. The topological polar surface area (TPSA) is 29.4 Å². The Morgan fingerprint density at radius 1 is 1.60 bits per heavy atom. The molecule has 78 valence electrons. The summed E-state index contributed by atoms with van der Waals surface area (Å²) in [7, 11) is 0. The van der Waals surface area contributed by atoms with Gasteiger partial charge in [-0.15, -0.1) is 11.8 Å². The monoisotopic (exact) mass is 239 g/mol.